The third-order valence-electron chi connectivity index (χ3n) is 2.58. The Balaban J connectivity index is 2.29. The number of hydrogen-bond acceptors (Lipinski definition) is 5. The lowest BCUT2D eigenvalue weighted by Crippen LogP contribution is -2.19. The predicted octanol–water partition coefficient (Wildman–Crippen LogP) is 2.22. The summed E-state index contributed by atoms with van der Waals surface area (Å²) in [4.78, 5) is 16.1. The maximum absolute atomic E-state index is 11.8. The minimum atomic E-state index is -0.0520. The highest BCUT2D eigenvalue weighted by Crippen LogP contribution is 2.25. The molecular formula is C13H13N5OS. The number of hydrazone groups is 1. The second kappa shape index (κ2) is 6.21. The quantitative estimate of drug-likeness (QED) is 0.391. The Bertz CT molecular complexity index is 632. The van der Waals surface area contributed by atoms with Crippen molar-refractivity contribution in [2.45, 2.75) is 13.3 Å². The van der Waals surface area contributed by atoms with E-state index in [0.717, 1.165) is 5.71 Å². The molecule has 0 unspecified atom stereocenters. The standard InChI is InChI=1S/C13H13N5OS/c1-9-6-12(19)18(17-9)11-5-3-4-10(7-11)16-13(20-2)15-8-14/h3-5,7H,6H2,1-2H3,(H,15,16). The van der Waals surface area contributed by atoms with Crippen LogP contribution in [0.5, 0.6) is 0 Å². The number of carbonyl (C=O) groups is 1. The molecule has 0 radical (unpaired) electrons. The number of nitrogens with one attached hydrogen (secondary N) is 1. The first-order chi connectivity index (χ1) is 9.63. The van der Waals surface area contributed by atoms with Crippen LogP contribution in [0.2, 0.25) is 0 Å². The van der Waals surface area contributed by atoms with E-state index in [1.807, 2.05) is 19.4 Å². The van der Waals surface area contributed by atoms with Gasteiger partial charge < -0.3 is 0 Å². The highest BCUT2D eigenvalue weighted by atomic mass is 32.2. The maximum atomic E-state index is 11.8. The molecular weight excluding hydrogens is 274 g/mol. The zero-order valence-corrected chi connectivity index (χ0v) is 11.9. The summed E-state index contributed by atoms with van der Waals surface area (Å²) in [7, 11) is 0. The van der Waals surface area contributed by atoms with Gasteiger partial charge in [-0.15, -0.1) is 0 Å². The molecule has 0 saturated carbocycles. The van der Waals surface area contributed by atoms with Crippen LogP contribution in [0.25, 0.3) is 0 Å². The summed E-state index contributed by atoms with van der Waals surface area (Å²) in [6, 6.07) is 7.16. The van der Waals surface area contributed by atoms with Crippen LogP contribution in [0.4, 0.5) is 11.4 Å². The molecule has 0 atom stereocenters. The second-order valence-electron chi connectivity index (χ2n) is 4.10. The van der Waals surface area contributed by atoms with Gasteiger partial charge in [0.15, 0.2) is 11.4 Å². The molecule has 0 fully saturated rings. The fraction of sp³-hybridized carbons (Fsp3) is 0.231. The Morgan fingerprint density at radius 3 is 3.00 bits per heavy atom. The van der Waals surface area contributed by atoms with E-state index in [0.29, 0.717) is 23.0 Å². The van der Waals surface area contributed by atoms with Crippen LogP contribution in [0.1, 0.15) is 13.3 Å². The molecule has 20 heavy (non-hydrogen) atoms. The van der Waals surface area contributed by atoms with Crippen molar-refractivity contribution in [3.05, 3.63) is 24.3 Å². The summed E-state index contributed by atoms with van der Waals surface area (Å²) < 4.78 is 0. The van der Waals surface area contributed by atoms with Crippen molar-refractivity contribution in [3.63, 3.8) is 0 Å². The minimum Gasteiger partial charge on any atom is -0.272 e. The molecule has 1 amide bonds. The molecule has 102 valence electrons. The Morgan fingerprint density at radius 1 is 1.60 bits per heavy atom. The number of nitrogens with zero attached hydrogens (tertiary/aromatic N) is 4. The van der Waals surface area contributed by atoms with E-state index >= 15 is 0 Å². The Morgan fingerprint density at radius 2 is 2.40 bits per heavy atom. The number of rotatable bonds is 2. The van der Waals surface area contributed by atoms with Crippen molar-refractivity contribution in [1.29, 1.82) is 5.26 Å². The van der Waals surface area contributed by atoms with Crippen molar-refractivity contribution in [2.24, 2.45) is 10.1 Å². The first-order valence-electron chi connectivity index (χ1n) is 5.89. The van der Waals surface area contributed by atoms with Gasteiger partial charge in [0, 0.05) is 5.71 Å². The molecule has 0 saturated heterocycles. The van der Waals surface area contributed by atoms with Gasteiger partial charge in [-0.3, -0.25) is 10.1 Å². The molecule has 1 aromatic rings. The van der Waals surface area contributed by atoms with Crippen molar-refractivity contribution < 1.29 is 4.79 Å². The van der Waals surface area contributed by atoms with Crippen LogP contribution in [-0.2, 0) is 4.79 Å². The molecule has 0 aromatic heterocycles. The number of carbonyl (C=O) groups excluding carboxylic acids is 1. The normalized spacial score (nSPS) is 15.1. The molecule has 0 bridgehead atoms. The van der Waals surface area contributed by atoms with Crippen molar-refractivity contribution in [2.75, 3.05) is 11.3 Å². The average molecular weight is 287 g/mol. The van der Waals surface area contributed by atoms with Gasteiger partial charge in [-0.25, -0.2) is 10.0 Å². The number of amides is 1. The summed E-state index contributed by atoms with van der Waals surface area (Å²) in [6.07, 6.45) is 4.00. The topological polar surface area (TPSA) is 80.8 Å². The van der Waals surface area contributed by atoms with Gasteiger partial charge in [0.05, 0.1) is 17.8 Å². The van der Waals surface area contributed by atoms with Crippen LogP contribution in [0, 0.1) is 11.5 Å². The lowest BCUT2D eigenvalue weighted by atomic mass is 10.2. The van der Waals surface area contributed by atoms with Crippen LogP contribution in [-0.4, -0.2) is 23.0 Å². The third-order valence-corrected chi connectivity index (χ3v) is 3.16. The van der Waals surface area contributed by atoms with Gasteiger partial charge in [-0.2, -0.15) is 10.4 Å². The molecule has 1 aliphatic heterocycles. The number of amidine groups is 1. The van der Waals surface area contributed by atoms with Gasteiger partial charge in [-0.05, 0) is 31.4 Å². The minimum absolute atomic E-state index is 0.0520. The number of hydrogen-bond donors (Lipinski definition) is 1. The van der Waals surface area contributed by atoms with Crippen molar-refractivity contribution in [1.82, 2.24) is 5.32 Å². The first kappa shape index (κ1) is 14.1. The van der Waals surface area contributed by atoms with Gasteiger partial charge in [-0.1, -0.05) is 17.8 Å². The summed E-state index contributed by atoms with van der Waals surface area (Å²) >= 11 is 1.34. The zero-order valence-electron chi connectivity index (χ0n) is 11.1. The smallest absolute Gasteiger partial charge is 0.253 e. The first-order valence-corrected chi connectivity index (χ1v) is 7.11. The van der Waals surface area contributed by atoms with Crippen molar-refractivity contribution in [3.8, 4) is 6.19 Å². The average Bonchev–Trinajstić information content (AvgIpc) is 2.77. The molecule has 1 aliphatic rings. The summed E-state index contributed by atoms with van der Waals surface area (Å²) in [5, 5.41) is 17.2. The molecule has 0 aliphatic carbocycles. The molecule has 6 nitrogen and oxygen atoms in total. The van der Waals surface area contributed by atoms with Crippen molar-refractivity contribution >= 4 is 39.9 Å². The lowest BCUT2D eigenvalue weighted by Gasteiger charge is -2.12. The summed E-state index contributed by atoms with van der Waals surface area (Å²) in [6.45, 7) is 1.82. The van der Waals surface area contributed by atoms with Crippen LogP contribution >= 0.6 is 11.8 Å². The van der Waals surface area contributed by atoms with E-state index in [2.05, 4.69) is 15.4 Å². The SMILES string of the molecule is CSC(=Nc1cccc(N2N=C(C)CC2=O)c1)NC#N. The molecule has 2 rings (SSSR count). The summed E-state index contributed by atoms with van der Waals surface area (Å²) in [5.74, 6) is -0.0520. The number of benzene rings is 1. The highest BCUT2D eigenvalue weighted by Gasteiger charge is 2.22. The third kappa shape index (κ3) is 3.16. The molecule has 1 heterocycles. The molecule has 0 spiro atoms. The zero-order chi connectivity index (χ0) is 14.5. The van der Waals surface area contributed by atoms with E-state index in [9.17, 15) is 4.79 Å². The molecule has 7 heteroatoms. The summed E-state index contributed by atoms with van der Waals surface area (Å²) in [5.41, 5.74) is 2.12. The van der Waals surface area contributed by atoms with Gasteiger partial charge in [0.2, 0.25) is 0 Å². The second-order valence-corrected chi connectivity index (χ2v) is 4.89. The fourth-order valence-electron chi connectivity index (χ4n) is 1.74. The lowest BCUT2D eigenvalue weighted by molar-refractivity contribution is -0.116. The van der Waals surface area contributed by atoms with E-state index in [-0.39, 0.29) is 5.91 Å². The number of nitriles is 1. The van der Waals surface area contributed by atoms with Gasteiger partial charge >= 0.3 is 0 Å². The van der Waals surface area contributed by atoms with Gasteiger partial charge in [0.25, 0.3) is 5.91 Å². The molecule has 1 N–H and O–H groups in total. The fourth-order valence-corrected chi connectivity index (χ4v) is 2.09. The van der Waals surface area contributed by atoms with E-state index in [1.54, 1.807) is 24.3 Å². The highest BCUT2D eigenvalue weighted by molar-refractivity contribution is 8.13. The Labute approximate surface area is 121 Å². The van der Waals surface area contributed by atoms with Gasteiger partial charge in [0.1, 0.15) is 0 Å². The monoisotopic (exact) mass is 287 g/mol. The number of aliphatic imine (C=N–C) groups is 1. The Kier molecular flexibility index (Phi) is 4.38. The molecule has 1 aromatic carbocycles. The largest absolute Gasteiger partial charge is 0.272 e. The Hall–Kier alpha value is -2.33. The van der Waals surface area contributed by atoms with E-state index in [1.165, 1.54) is 16.8 Å². The number of thioether (sulfide) groups is 1. The number of anilines is 1. The van der Waals surface area contributed by atoms with E-state index < -0.39 is 0 Å². The predicted molar refractivity (Wildman–Crippen MR) is 81.0 cm³/mol. The van der Waals surface area contributed by atoms with Crippen LogP contribution < -0.4 is 10.3 Å². The van der Waals surface area contributed by atoms with Crippen LogP contribution in [0.15, 0.2) is 34.4 Å². The maximum Gasteiger partial charge on any atom is 0.253 e. The van der Waals surface area contributed by atoms with Crippen LogP contribution in [0.3, 0.4) is 0 Å². The van der Waals surface area contributed by atoms with E-state index in [4.69, 9.17) is 5.26 Å².